The average Bonchev–Trinajstić information content (AvgIpc) is 3.57. The molecule has 1 amide bonds. The monoisotopic (exact) mass is 541 g/mol. The van der Waals surface area contributed by atoms with Crippen LogP contribution in [0.4, 0.5) is 5.69 Å². The molecule has 1 aliphatic heterocycles. The Morgan fingerprint density at radius 1 is 1.03 bits per heavy atom. The zero-order valence-electron chi connectivity index (χ0n) is 20.7. The van der Waals surface area contributed by atoms with Gasteiger partial charge in [-0.2, -0.15) is 0 Å². The first-order valence-corrected chi connectivity index (χ1v) is 13.8. The molecule has 0 radical (unpaired) electrons. The van der Waals surface area contributed by atoms with Crippen molar-refractivity contribution < 1.29 is 14.3 Å². The maximum atomic E-state index is 14.0. The van der Waals surface area contributed by atoms with Crippen LogP contribution < -0.4 is 20.3 Å². The molecule has 0 spiro atoms. The van der Waals surface area contributed by atoms with E-state index in [-0.39, 0.29) is 24.0 Å². The van der Waals surface area contributed by atoms with Crippen LogP contribution in [0.1, 0.15) is 11.1 Å². The Bertz CT molecular complexity index is 1740. The molecule has 5 aromatic rings. The molecule has 2 aromatic heterocycles. The van der Waals surface area contributed by atoms with Crippen molar-refractivity contribution >= 4 is 44.9 Å². The van der Waals surface area contributed by atoms with E-state index in [4.69, 9.17) is 14.5 Å². The Hall–Kier alpha value is -4.08. The van der Waals surface area contributed by atoms with Crippen LogP contribution in [0.25, 0.3) is 27.0 Å². The van der Waals surface area contributed by atoms with E-state index >= 15 is 0 Å². The quantitative estimate of drug-likeness (QED) is 0.204. The number of hydrogen-bond donors (Lipinski definition) is 1. The molecule has 38 heavy (non-hydrogen) atoms. The molecule has 0 bridgehead atoms. The number of fused-ring (bicyclic) bond motifs is 2. The molecule has 0 saturated carbocycles. The number of ether oxygens (including phenoxy) is 2. The number of benzene rings is 3. The normalized spacial score (nSPS) is 12.2. The number of carbonyl (C=O) groups excluding carboxylic acids is 1. The van der Waals surface area contributed by atoms with Gasteiger partial charge in [0.1, 0.15) is 4.83 Å². The van der Waals surface area contributed by atoms with Gasteiger partial charge in [0.05, 0.1) is 16.8 Å². The second-order valence-corrected chi connectivity index (χ2v) is 10.7. The number of nitrogens with zero attached hydrogens (tertiary/aromatic N) is 2. The molecule has 7 nitrogen and oxygen atoms in total. The van der Waals surface area contributed by atoms with Gasteiger partial charge in [-0.15, -0.1) is 11.3 Å². The van der Waals surface area contributed by atoms with Crippen molar-refractivity contribution in [3.8, 4) is 28.3 Å². The summed E-state index contributed by atoms with van der Waals surface area (Å²) in [7, 11) is 0. The predicted molar refractivity (Wildman–Crippen MR) is 152 cm³/mol. The van der Waals surface area contributed by atoms with Gasteiger partial charge in [0.2, 0.25) is 12.7 Å². The number of thioether (sulfide) groups is 1. The highest BCUT2D eigenvalue weighted by molar-refractivity contribution is 7.99. The van der Waals surface area contributed by atoms with E-state index in [0.29, 0.717) is 38.2 Å². The number of para-hydroxylation sites is 1. The van der Waals surface area contributed by atoms with Crippen molar-refractivity contribution in [2.24, 2.45) is 0 Å². The van der Waals surface area contributed by atoms with Crippen molar-refractivity contribution in [2.45, 2.75) is 19.0 Å². The van der Waals surface area contributed by atoms with E-state index in [1.807, 2.05) is 41.8 Å². The van der Waals surface area contributed by atoms with Crippen LogP contribution >= 0.6 is 23.1 Å². The van der Waals surface area contributed by atoms with Crippen LogP contribution in [0.15, 0.2) is 82.1 Å². The lowest BCUT2D eigenvalue weighted by Crippen LogP contribution is -2.22. The number of amides is 1. The summed E-state index contributed by atoms with van der Waals surface area (Å²) in [6.45, 7) is 4.31. The average molecular weight is 542 g/mol. The van der Waals surface area contributed by atoms with Crippen LogP contribution in [0.2, 0.25) is 0 Å². The van der Waals surface area contributed by atoms with Gasteiger partial charge >= 0.3 is 0 Å². The minimum atomic E-state index is -0.218. The van der Waals surface area contributed by atoms with E-state index in [9.17, 15) is 9.59 Å². The number of anilines is 1. The fraction of sp³-hybridized carbons (Fsp3) is 0.138. The maximum absolute atomic E-state index is 14.0. The fourth-order valence-electron chi connectivity index (χ4n) is 4.30. The van der Waals surface area contributed by atoms with E-state index < -0.39 is 0 Å². The summed E-state index contributed by atoms with van der Waals surface area (Å²) in [6, 6.07) is 20.9. The second kappa shape index (κ2) is 10.00. The molecule has 0 unspecified atom stereocenters. The van der Waals surface area contributed by atoms with E-state index in [0.717, 1.165) is 11.1 Å². The van der Waals surface area contributed by atoms with E-state index in [1.54, 1.807) is 22.8 Å². The number of hydrogen-bond acceptors (Lipinski definition) is 7. The Labute approximate surface area is 227 Å². The number of aryl methyl sites for hydroxylation is 2. The zero-order valence-corrected chi connectivity index (χ0v) is 22.3. The highest BCUT2D eigenvalue weighted by Crippen LogP contribution is 2.35. The Kier molecular flexibility index (Phi) is 6.39. The third-order valence-electron chi connectivity index (χ3n) is 6.40. The van der Waals surface area contributed by atoms with Crippen LogP contribution in [-0.4, -0.2) is 28.0 Å². The summed E-state index contributed by atoms with van der Waals surface area (Å²) < 4.78 is 12.3. The molecule has 0 fully saturated rings. The molecule has 3 aromatic carbocycles. The summed E-state index contributed by atoms with van der Waals surface area (Å²) in [5.41, 5.74) is 5.37. The molecule has 3 heterocycles. The maximum Gasteiger partial charge on any atom is 0.268 e. The van der Waals surface area contributed by atoms with Gasteiger partial charge in [-0.05, 0) is 54.8 Å². The van der Waals surface area contributed by atoms with Crippen molar-refractivity contribution in [1.82, 2.24) is 9.55 Å². The van der Waals surface area contributed by atoms with Gasteiger partial charge in [0, 0.05) is 22.7 Å². The summed E-state index contributed by atoms with van der Waals surface area (Å²) >= 11 is 2.66. The molecule has 0 saturated heterocycles. The third-order valence-corrected chi connectivity index (χ3v) is 8.21. The topological polar surface area (TPSA) is 82.4 Å². The summed E-state index contributed by atoms with van der Waals surface area (Å²) in [6.07, 6.45) is 0. The van der Waals surface area contributed by atoms with Gasteiger partial charge in [-0.25, -0.2) is 4.98 Å². The van der Waals surface area contributed by atoms with Crippen LogP contribution in [0.3, 0.4) is 0 Å². The Morgan fingerprint density at radius 3 is 2.66 bits per heavy atom. The van der Waals surface area contributed by atoms with Crippen molar-refractivity contribution in [3.63, 3.8) is 0 Å². The Balaban J connectivity index is 1.35. The molecular formula is C29H23N3O4S2. The molecule has 0 aliphatic carbocycles. The van der Waals surface area contributed by atoms with Gasteiger partial charge in [0.25, 0.3) is 5.56 Å². The lowest BCUT2D eigenvalue weighted by atomic mass is 10.0. The molecule has 0 atom stereocenters. The molecule has 6 rings (SSSR count). The largest absolute Gasteiger partial charge is 0.454 e. The Morgan fingerprint density at radius 2 is 1.84 bits per heavy atom. The van der Waals surface area contributed by atoms with Crippen LogP contribution in [-0.2, 0) is 4.79 Å². The SMILES string of the molecule is Cc1ccc(-c2csc3nc(SCC(=O)Nc4ccc5c(c4)OCO5)n(-c4ccccc4)c(=O)c23)cc1C. The van der Waals surface area contributed by atoms with Crippen molar-refractivity contribution in [1.29, 1.82) is 0 Å². The third kappa shape index (κ3) is 4.55. The summed E-state index contributed by atoms with van der Waals surface area (Å²) in [4.78, 5) is 32.3. The smallest absolute Gasteiger partial charge is 0.268 e. The second-order valence-electron chi connectivity index (χ2n) is 8.90. The number of carbonyl (C=O) groups is 1. The van der Waals surface area contributed by atoms with Gasteiger partial charge in [-0.1, -0.05) is 48.2 Å². The number of rotatable bonds is 6. The first-order chi connectivity index (χ1) is 18.5. The van der Waals surface area contributed by atoms with Crippen molar-refractivity contribution in [3.05, 3.63) is 93.6 Å². The highest BCUT2D eigenvalue weighted by Gasteiger charge is 2.20. The molecular weight excluding hydrogens is 518 g/mol. The first kappa shape index (κ1) is 24.3. The molecule has 190 valence electrons. The van der Waals surface area contributed by atoms with Crippen LogP contribution in [0, 0.1) is 13.8 Å². The minimum Gasteiger partial charge on any atom is -0.454 e. The van der Waals surface area contributed by atoms with Gasteiger partial charge in [0.15, 0.2) is 16.7 Å². The van der Waals surface area contributed by atoms with Crippen LogP contribution in [0.5, 0.6) is 11.5 Å². The lowest BCUT2D eigenvalue weighted by molar-refractivity contribution is -0.113. The standard InChI is InChI=1S/C29H23N3O4S2/c1-17-8-9-19(12-18(17)2)22-14-37-27-26(22)28(34)32(21-6-4-3-5-7-21)29(31-27)38-15-25(33)30-20-10-11-23-24(13-20)36-16-35-23/h3-14H,15-16H2,1-2H3,(H,30,33). The van der Waals surface area contributed by atoms with Gasteiger partial charge < -0.3 is 14.8 Å². The first-order valence-electron chi connectivity index (χ1n) is 12.0. The summed E-state index contributed by atoms with van der Waals surface area (Å²) in [5.74, 6) is 1.11. The lowest BCUT2D eigenvalue weighted by Gasteiger charge is -2.13. The highest BCUT2D eigenvalue weighted by atomic mass is 32.2. The number of aromatic nitrogens is 2. The minimum absolute atomic E-state index is 0.0780. The number of thiophene rings is 1. The van der Waals surface area contributed by atoms with E-state index in [1.165, 1.54) is 34.2 Å². The van der Waals surface area contributed by atoms with Gasteiger partial charge in [-0.3, -0.25) is 14.2 Å². The van der Waals surface area contributed by atoms with Crippen molar-refractivity contribution in [2.75, 3.05) is 17.9 Å². The fourth-order valence-corrected chi connectivity index (χ4v) is 6.10. The molecule has 1 N–H and O–H groups in total. The molecule has 9 heteroatoms. The van der Waals surface area contributed by atoms with E-state index in [2.05, 4.69) is 31.3 Å². The zero-order chi connectivity index (χ0) is 26.2. The molecule has 1 aliphatic rings. The summed E-state index contributed by atoms with van der Waals surface area (Å²) in [5, 5.41) is 5.91. The number of nitrogens with one attached hydrogen (secondary N) is 1. The predicted octanol–water partition coefficient (Wildman–Crippen LogP) is 6.19.